The van der Waals surface area contributed by atoms with Crippen LogP contribution >= 0.6 is 0 Å². The van der Waals surface area contributed by atoms with E-state index in [1.54, 1.807) is 26.8 Å². The molecule has 2 N–H and O–H groups in total. The molecule has 1 heterocycles. The summed E-state index contributed by atoms with van der Waals surface area (Å²) in [5.74, 6) is -0.0128. The number of piperidine rings is 1. The summed E-state index contributed by atoms with van der Waals surface area (Å²) in [6, 6.07) is 7.49. The molecule has 1 aromatic rings. The van der Waals surface area contributed by atoms with Crippen molar-refractivity contribution in [3.05, 3.63) is 29.8 Å². The first kappa shape index (κ1) is 20.7. The molecule has 1 aromatic carbocycles. The van der Waals surface area contributed by atoms with Crippen molar-refractivity contribution in [2.45, 2.75) is 58.6 Å². The number of likely N-dealkylation sites (tertiary alicyclic amines) is 1. The van der Waals surface area contributed by atoms with Crippen LogP contribution in [0.15, 0.2) is 24.3 Å². The van der Waals surface area contributed by atoms with E-state index in [2.05, 4.69) is 10.6 Å². The number of benzene rings is 1. The maximum atomic E-state index is 12.1. The number of rotatable bonds is 6. The quantitative estimate of drug-likeness (QED) is 0.800. The Morgan fingerprint density at radius 3 is 2.70 bits per heavy atom. The number of amides is 3. The Kier molecular flexibility index (Phi) is 7.21. The molecule has 0 radical (unpaired) electrons. The van der Waals surface area contributed by atoms with Gasteiger partial charge < -0.3 is 20.3 Å². The highest BCUT2D eigenvalue weighted by Gasteiger charge is 2.18. The summed E-state index contributed by atoms with van der Waals surface area (Å²) >= 11 is 0. The third kappa shape index (κ3) is 7.68. The average molecular weight is 375 g/mol. The second-order valence-electron chi connectivity index (χ2n) is 7.70. The molecule has 0 aliphatic carbocycles. The van der Waals surface area contributed by atoms with Gasteiger partial charge in [0.05, 0.1) is 0 Å². The molecule has 7 nitrogen and oxygen atoms in total. The molecular weight excluding hydrogens is 346 g/mol. The van der Waals surface area contributed by atoms with Crippen molar-refractivity contribution < 1.29 is 19.1 Å². The van der Waals surface area contributed by atoms with Crippen molar-refractivity contribution in [2.75, 3.05) is 18.4 Å². The van der Waals surface area contributed by atoms with Gasteiger partial charge in [-0.3, -0.25) is 9.59 Å². The van der Waals surface area contributed by atoms with Crippen LogP contribution in [0.3, 0.4) is 0 Å². The summed E-state index contributed by atoms with van der Waals surface area (Å²) in [5.41, 5.74) is 1.09. The van der Waals surface area contributed by atoms with Crippen LogP contribution in [0.25, 0.3) is 0 Å². The van der Waals surface area contributed by atoms with E-state index in [1.165, 1.54) is 0 Å². The zero-order valence-corrected chi connectivity index (χ0v) is 16.3. The Balaban J connectivity index is 1.78. The first-order chi connectivity index (χ1) is 12.7. The predicted molar refractivity (Wildman–Crippen MR) is 103 cm³/mol. The molecule has 0 bridgehead atoms. The lowest BCUT2D eigenvalue weighted by atomic mass is 10.1. The van der Waals surface area contributed by atoms with Crippen LogP contribution in [-0.2, 0) is 20.9 Å². The van der Waals surface area contributed by atoms with Crippen LogP contribution < -0.4 is 10.6 Å². The third-order valence-electron chi connectivity index (χ3n) is 4.03. The van der Waals surface area contributed by atoms with Crippen molar-refractivity contribution in [3.8, 4) is 0 Å². The third-order valence-corrected chi connectivity index (χ3v) is 4.03. The largest absolute Gasteiger partial charge is 0.444 e. The van der Waals surface area contributed by atoms with E-state index in [0.717, 1.165) is 24.9 Å². The van der Waals surface area contributed by atoms with Crippen molar-refractivity contribution >= 4 is 23.6 Å². The molecule has 3 amide bonds. The Labute approximate surface area is 160 Å². The average Bonchev–Trinajstić information content (AvgIpc) is 2.55. The minimum Gasteiger partial charge on any atom is -0.444 e. The van der Waals surface area contributed by atoms with Gasteiger partial charge in [-0.2, -0.15) is 0 Å². The summed E-state index contributed by atoms with van der Waals surface area (Å²) in [6.45, 7) is 6.88. The molecule has 1 saturated heterocycles. The van der Waals surface area contributed by atoms with Crippen LogP contribution in [0, 0.1) is 0 Å². The molecule has 2 rings (SSSR count). The zero-order chi connectivity index (χ0) is 19.9. The second-order valence-corrected chi connectivity index (χ2v) is 7.70. The Morgan fingerprint density at radius 2 is 2.00 bits per heavy atom. The van der Waals surface area contributed by atoms with E-state index in [9.17, 15) is 14.4 Å². The molecular formula is C20H29N3O4. The molecule has 27 heavy (non-hydrogen) atoms. The maximum Gasteiger partial charge on any atom is 0.407 e. The lowest BCUT2D eigenvalue weighted by Crippen LogP contribution is -2.34. The lowest BCUT2D eigenvalue weighted by molar-refractivity contribution is -0.133. The van der Waals surface area contributed by atoms with Gasteiger partial charge in [-0.25, -0.2) is 4.79 Å². The van der Waals surface area contributed by atoms with E-state index in [4.69, 9.17) is 4.74 Å². The molecule has 1 aliphatic rings. The monoisotopic (exact) mass is 375 g/mol. The summed E-state index contributed by atoms with van der Waals surface area (Å²) in [6.07, 6.45) is 2.22. The number of hydrogen-bond acceptors (Lipinski definition) is 4. The highest BCUT2D eigenvalue weighted by atomic mass is 16.6. The first-order valence-corrected chi connectivity index (χ1v) is 9.36. The highest BCUT2D eigenvalue weighted by Crippen LogP contribution is 2.17. The van der Waals surface area contributed by atoms with Crippen LogP contribution in [0.1, 0.15) is 52.0 Å². The number of alkyl carbamates (subject to hydrolysis) is 1. The van der Waals surface area contributed by atoms with E-state index in [-0.39, 0.29) is 24.8 Å². The molecule has 1 fully saturated rings. The molecule has 1 aliphatic heterocycles. The molecule has 7 heteroatoms. The Bertz CT molecular complexity index is 682. The summed E-state index contributed by atoms with van der Waals surface area (Å²) in [4.78, 5) is 37.4. The minimum absolute atomic E-state index is 0.147. The van der Waals surface area contributed by atoms with E-state index in [1.807, 2.05) is 23.1 Å². The molecule has 0 spiro atoms. The number of hydrogen-bond donors (Lipinski definition) is 2. The smallest absolute Gasteiger partial charge is 0.407 e. The maximum absolute atomic E-state index is 12.1. The fourth-order valence-corrected chi connectivity index (χ4v) is 2.81. The predicted octanol–water partition coefficient (Wildman–Crippen LogP) is 3.05. The number of nitrogens with one attached hydrogen (secondary N) is 2. The fraction of sp³-hybridized carbons (Fsp3) is 0.550. The fourth-order valence-electron chi connectivity index (χ4n) is 2.81. The van der Waals surface area contributed by atoms with Gasteiger partial charge >= 0.3 is 6.09 Å². The number of ether oxygens (including phenoxy) is 1. The summed E-state index contributed by atoms with van der Waals surface area (Å²) < 4.78 is 5.12. The van der Waals surface area contributed by atoms with Gasteiger partial charge in [0.25, 0.3) is 0 Å². The first-order valence-electron chi connectivity index (χ1n) is 9.36. The van der Waals surface area contributed by atoms with Gasteiger partial charge in [0, 0.05) is 38.2 Å². The Hall–Kier alpha value is -2.57. The standard InChI is InChI=1S/C20H29N3O4/c1-20(2,3)27-19(26)21-11-10-17(24)22-16-8-6-7-15(13-16)14-23-12-5-4-9-18(23)25/h6-8,13H,4-5,9-12,14H2,1-3H3,(H,21,26)(H,22,24). The van der Waals surface area contributed by atoms with Crippen LogP contribution in [0.5, 0.6) is 0 Å². The molecule has 148 valence electrons. The minimum atomic E-state index is -0.567. The van der Waals surface area contributed by atoms with Crippen molar-refractivity contribution in [1.82, 2.24) is 10.2 Å². The topological polar surface area (TPSA) is 87.7 Å². The van der Waals surface area contributed by atoms with Gasteiger partial charge in [0.1, 0.15) is 5.60 Å². The summed E-state index contributed by atoms with van der Waals surface area (Å²) in [7, 11) is 0. The van der Waals surface area contributed by atoms with E-state index < -0.39 is 11.7 Å². The lowest BCUT2D eigenvalue weighted by Gasteiger charge is -2.26. The normalized spacial score (nSPS) is 14.6. The SMILES string of the molecule is CC(C)(C)OC(=O)NCCC(=O)Nc1cccc(CN2CCCCC2=O)c1. The van der Waals surface area contributed by atoms with Crippen molar-refractivity contribution in [1.29, 1.82) is 0 Å². The van der Waals surface area contributed by atoms with E-state index >= 15 is 0 Å². The van der Waals surface area contributed by atoms with Crippen LogP contribution in [0.2, 0.25) is 0 Å². The number of carbonyl (C=O) groups is 3. The summed E-state index contributed by atoms with van der Waals surface area (Å²) in [5, 5.41) is 5.38. The van der Waals surface area contributed by atoms with Crippen LogP contribution in [0.4, 0.5) is 10.5 Å². The van der Waals surface area contributed by atoms with Gasteiger partial charge in [-0.1, -0.05) is 12.1 Å². The zero-order valence-electron chi connectivity index (χ0n) is 16.3. The number of anilines is 1. The molecule has 0 aromatic heterocycles. The van der Waals surface area contributed by atoms with Gasteiger partial charge in [0.15, 0.2) is 0 Å². The van der Waals surface area contributed by atoms with E-state index in [0.29, 0.717) is 18.7 Å². The molecule has 0 saturated carbocycles. The molecule has 0 atom stereocenters. The Morgan fingerprint density at radius 1 is 1.22 bits per heavy atom. The number of nitrogens with zero attached hydrogens (tertiary/aromatic N) is 1. The van der Waals surface area contributed by atoms with Crippen molar-refractivity contribution in [2.24, 2.45) is 0 Å². The van der Waals surface area contributed by atoms with Crippen molar-refractivity contribution in [3.63, 3.8) is 0 Å². The van der Waals surface area contributed by atoms with Crippen LogP contribution in [-0.4, -0.2) is 41.5 Å². The second kappa shape index (κ2) is 9.39. The number of carbonyl (C=O) groups excluding carboxylic acids is 3. The molecule has 0 unspecified atom stereocenters. The highest BCUT2D eigenvalue weighted by molar-refractivity contribution is 5.91. The van der Waals surface area contributed by atoms with Gasteiger partial charge in [-0.05, 0) is 51.3 Å². The van der Waals surface area contributed by atoms with Gasteiger partial charge in [0.2, 0.25) is 11.8 Å². The van der Waals surface area contributed by atoms with Gasteiger partial charge in [-0.15, -0.1) is 0 Å².